The Hall–Kier alpha value is -4.91. The van der Waals surface area contributed by atoms with Gasteiger partial charge in [0.05, 0.1) is 25.3 Å². The van der Waals surface area contributed by atoms with Gasteiger partial charge in [0, 0.05) is 59.9 Å². The van der Waals surface area contributed by atoms with Crippen LogP contribution in [0.15, 0.2) is 60.8 Å². The van der Waals surface area contributed by atoms with Crippen LogP contribution in [0.2, 0.25) is 0 Å². The molecule has 0 unspecified atom stereocenters. The highest BCUT2D eigenvalue weighted by atomic mass is 35.5. The number of aryl methyl sites for hydroxylation is 1. The molecule has 3 amide bonds. The first-order valence-electron chi connectivity index (χ1n) is 14.7. The highest BCUT2D eigenvalue weighted by molar-refractivity contribution is 6.27. The quantitative estimate of drug-likeness (QED) is 0.160. The zero-order valence-electron chi connectivity index (χ0n) is 25.8. The molecule has 1 aliphatic rings. The minimum atomic E-state index is -4.66. The Morgan fingerprint density at radius 3 is 2.23 bits per heavy atom. The Labute approximate surface area is 274 Å². The van der Waals surface area contributed by atoms with E-state index in [1.807, 2.05) is 6.92 Å². The normalized spacial score (nSPS) is 13.6. The molecule has 1 saturated heterocycles. The first-order valence-corrected chi connectivity index (χ1v) is 15.2. The first kappa shape index (κ1) is 33.5. The maximum Gasteiger partial charge on any atom is 0.418 e. The van der Waals surface area contributed by atoms with Crippen molar-refractivity contribution in [3.05, 3.63) is 71.9 Å². The third kappa shape index (κ3) is 7.91. The molecule has 0 spiro atoms. The Bertz CT molecular complexity index is 1780. The van der Waals surface area contributed by atoms with Crippen molar-refractivity contribution in [3.8, 4) is 23.0 Å². The summed E-state index contributed by atoms with van der Waals surface area (Å²) in [5.74, 6) is 1.47. The number of benzene rings is 3. The van der Waals surface area contributed by atoms with Crippen LogP contribution in [0, 0.1) is 6.92 Å². The summed E-state index contributed by atoms with van der Waals surface area (Å²) in [7, 11) is 3.06. The van der Waals surface area contributed by atoms with E-state index in [0.29, 0.717) is 65.5 Å². The molecule has 1 aliphatic heterocycles. The van der Waals surface area contributed by atoms with E-state index in [0.717, 1.165) is 11.6 Å². The van der Waals surface area contributed by atoms with Gasteiger partial charge < -0.3 is 35.1 Å². The van der Waals surface area contributed by atoms with E-state index < -0.39 is 17.8 Å². The standard InChI is InChI=1S/C33H33ClF3N5O5/c1-19-4-5-22(15-28(19)47-27-8-11-38-25-17-30(46-3)29(45-2)16-23(25)27)41-32(44)40-21-6-7-26(24(14-21)33(35,36)37)42-12-9-20(10-13-42)39-31(43)18-34/h4-8,11,14-17,20H,9-10,12-13,18H2,1-3H3,(H,39,43)(H2,40,41,44). The fourth-order valence-corrected chi connectivity index (χ4v) is 5.46. The molecule has 0 radical (unpaired) electrons. The molecule has 0 bridgehead atoms. The second kappa shape index (κ2) is 14.2. The van der Waals surface area contributed by atoms with Gasteiger partial charge in [0.15, 0.2) is 11.5 Å². The number of carbonyl (C=O) groups is 2. The molecule has 248 valence electrons. The highest BCUT2D eigenvalue weighted by Crippen LogP contribution is 2.40. The van der Waals surface area contributed by atoms with E-state index in [1.165, 1.54) is 26.4 Å². The number of hydrogen-bond acceptors (Lipinski definition) is 7. The maximum absolute atomic E-state index is 14.1. The molecule has 5 rings (SSSR count). The van der Waals surface area contributed by atoms with Crippen LogP contribution in [-0.4, -0.2) is 56.2 Å². The third-order valence-corrected chi connectivity index (χ3v) is 8.00. The zero-order chi connectivity index (χ0) is 33.7. The van der Waals surface area contributed by atoms with E-state index in [-0.39, 0.29) is 29.2 Å². The van der Waals surface area contributed by atoms with E-state index in [4.69, 9.17) is 25.8 Å². The Balaban J connectivity index is 1.29. The molecule has 47 heavy (non-hydrogen) atoms. The summed E-state index contributed by atoms with van der Waals surface area (Å²) in [6, 6.07) is 13.0. The minimum Gasteiger partial charge on any atom is -0.493 e. The van der Waals surface area contributed by atoms with Crippen LogP contribution in [0.5, 0.6) is 23.0 Å². The minimum absolute atomic E-state index is 0.00519. The molecule has 14 heteroatoms. The zero-order valence-corrected chi connectivity index (χ0v) is 26.6. The Kier molecular flexibility index (Phi) is 10.1. The molecule has 3 N–H and O–H groups in total. The van der Waals surface area contributed by atoms with Crippen LogP contribution in [-0.2, 0) is 11.0 Å². The summed E-state index contributed by atoms with van der Waals surface area (Å²) in [5, 5.41) is 8.61. The fourth-order valence-electron chi connectivity index (χ4n) is 5.38. The van der Waals surface area contributed by atoms with Crippen molar-refractivity contribution in [1.29, 1.82) is 0 Å². The van der Waals surface area contributed by atoms with Crippen molar-refractivity contribution in [2.75, 3.05) is 48.7 Å². The number of hydrogen-bond donors (Lipinski definition) is 3. The molecular formula is C33H33ClF3N5O5. The van der Waals surface area contributed by atoms with Gasteiger partial charge in [-0.25, -0.2) is 4.79 Å². The number of piperidine rings is 1. The number of alkyl halides is 4. The molecule has 10 nitrogen and oxygen atoms in total. The van der Waals surface area contributed by atoms with Crippen molar-refractivity contribution in [2.24, 2.45) is 0 Å². The van der Waals surface area contributed by atoms with Crippen molar-refractivity contribution in [3.63, 3.8) is 0 Å². The van der Waals surface area contributed by atoms with Gasteiger partial charge >= 0.3 is 12.2 Å². The summed E-state index contributed by atoms with van der Waals surface area (Å²) in [6.07, 6.45) is -2.11. The van der Waals surface area contributed by atoms with Gasteiger partial charge in [0.1, 0.15) is 17.4 Å². The number of amides is 3. The summed E-state index contributed by atoms with van der Waals surface area (Å²) in [6.45, 7) is 2.47. The van der Waals surface area contributed by atoms with Crippen LogP contribution in [0.25, 0.3) is 10.9 Å². The lowest BCUT2D eigenvalue weighted by Crippen LogP contribution is -2.45. The van der Waals surface area contributed by atoms with Crippen molar-refractivity contribution in [1.82, 2.24) is 10.3 Å². The number of fused-ring (bicyclic) bond motifs is 1. The molecule has 1 aromatic heterocycles. The number of urea groups is 1. The number of aromatic nitrogens is 1. The number of halogens is 4. The molecule has 0 atom stereocenters. The Morgan fingerprint density at radius 1 is 0.915 bits per heavy atom. The topological polar surface area (TPSA) is 114 Å². The van der Waals surface area contributed by atoms with Crippen molar-refractivity contribution >= 4 is 51.5 Å². The number of anilines is 3. The predicted molar refractivity (Wildman–Crippen MR) is 174 cm³/mol. The van der Waals surface area contributed by atoms with Crippen LogP contribution >= 0.6 is 11.6 Å². The predicted octanol–water partition coefficient (Wildman–Crippen LogP) is 7.34. The van der Waals surface area contributed by atoms with Crippen LogP contribution < -0.4 is 35.1 Å². The SMILES string of the molecule is COc1cc2nccc(Oc3cc(NC(=O)Nc4ccc(N5CCC(NC(=O)CCl)CC5)c(C(F)(F)F)c4)ccc3C)c2cc1OC. The summed E-state index contributed by atoms with van der Waals surface area (Å²) >= 11 is 5.54. The highest BCUT2D eigenvalue weighted by Gasteiger charge is 2.36. The van der Waals surface area contributed by atoms with Gasteiger partial charge in [-0.15, -0.1) is 11.6 Å². The molecular weight excluding hydrogens is 639 g/mol. The second-order valence-corrected chi connectivity index (χ2v) is 11.2. The van der Waals surface area contributed by atoms with Crippen molar-refractivity contribution in [2.45, 2.75) is 32.0 Å². The van der Waals surface area contributed by atoms with Crippen molar-refractivity contribution < 1.29 is 37.0 Å². The number of nitrogens with zero attached hydrogens (tertiary/aromatic N) is 2. The molecule has 2 heterocycles. The number of carbonyl (C=O) groups excluding carboxylic acids is 2. The summed E-state index contributed by atoms with van der Waals surface area (Å²) in [4.78, 5) is 30.5. The lowest BCUT2D eigenvalue weighted by atomic mass is 10.0. The molecule has 3 aromatic carbocycles. The lowest BCUT2D eigenvalue weighted by Gasteiger charge is -2.35. The van der Waals surface area contributed by atoms with Gasteiger partial charge in [-0.2, -0.15) is 13.2 Å². The number of ether oxygens (including phenoxy) is 3. The van der Waals surface area contributed by atoms with Gasteiger partial charge in [-0.05, 0) is 61.7 Å². The molecule has 1 fully saturated rings. The van der Waals surface area contributed by atoms with E-state index in [1.54, 1.807) is 47.5 Å². The van der Waals surface area contributed by atoms with Gasteiger partial charge in [0.2, 0.25) is 5.91 Å². The number of methoxy groups -OCH3 is 2. The third-order valence-electron chi connectivity index (χ3n) is 7.75. The van der Waals surface area contributed by atoms with Gasteiger partial charge in [-0.3, -0.25) is 9.78 Å². The first-order chi connectivity index (χ1) is 22.5. The van der Waals surface area contributed by atoms with E-state index >= 15 is 0 Å². The van der Waals surface area contributed by atoms with E-state index in [2.05, 4.69) is 20.9 Å². The number of rotatable bonds is 9. The average Bonchev–Trinajstić information content (AvgIpc) is 3.05. The summed E-state index contributed by atoms with van der Waals surface area (Å²) in [5.41, 5.74) is 0.860. The largest absolute Gasteiger partial charge is 0.493 e. The average molecular weight is 672 g/mol. The fraction of sp³-hybridized carbons (Fsp3) is 0.303. The number of pyridine rings is 1. The van der Waals surface area contributed by atoms with Crippen LogP contribution in [0.4, 0.5) is 35.0 Å². The molecule has 0 saturated carbocycles. The van der Waals surface area contributed by atoms with Crippen LogP contribution in [0.1, 0.15) is 24.0 Å². The number of nitrogens with one attached hydrogen (secondary N) is 3. The molecule has 0 aliphatic carbocycles. The van der Waals surface area contributed by atoms with Gasteiger partial charge in [0.25, 0.3) is 0 Å². The smallest absolute Gasteiger partial charge is 0.418 e. The van der Waals surface area contributed by atoms with E-state index in [9.17, 15) is 22.8 Å². The Morgan fingerprint density at radius 2 is 1.57 bits per heavy atom. The van der Waals surface area contributed by atoms with Crippen LogP contribution in [0.3, 0.4) is 0 Å². The molecule has 4 aromatic rings. The lowest BCUT2D eigenvalue weighted by molar-refractivity contribution is -0.137. The summed E-state index contributed by atoms with van der Waals surface area (Å²) < 4.78 is 59.4. The second-order valence-electron chi connectivity index (χ2n) is 10.9. The monoisotopic (exact) mass is 671 g/mol. The van der Waals surface area contributed by atoms with Gasteiger partial charge in [-0.1, -0.05) is 6.07 Å². The maximum atomic E-state index is 14.1.